The van der Waals surface area contributed by atoms with Gasteiger partial charge in [0.2, 0.25) is 5.91 Å². The summed E-state index contributed by atoms with van der Waals surface area (Å²) in [7, 11) is 0. The maximum atomic E-state index is 13.9. The van der Waals surface area contributed by atoms with Crippen LogP contribution in [0.15, 0.2) is 91.3 Å². The van der Waals surface area contributed by atoms with Crippen molar-refractivity contribution in [3.8, 4) is 5.69 Å². The van der Waals surface area contributed by atoms with Gasteiger partial charge in [-0.1, -0.05) is 42.5 Å². The monoisotopic (exact) mass is 516 g/mol. The van der Waals surface area contributed by atoms with E-state index in [0.29, 0.717) is 5.56 Å². The number of aromatic nitrogens is 2. The van der Waals surface area contributed by atoms with E-state index in [9.17, 15) is 18.7 Å². The van der Waals surface area contributed by atoms with E-state index in [1.807, 2.05) is 60.8 Å². The number of nitrogens with one attached hydrogen (secondary N) is 2. The molecule has 1 aliphatic carbocycles. The third-order valence-corrected chi connectivity index (χ3v) is 6.96. The highest BCUT2D eigenvalue weighted by Gasteiger charge is 2.44. The van der Waals surface area contributed by atoms with Crippen LogP contribution in [0.4, 0.5) is 8.78 Å². The zero-order valence-corrected chi connectivity index (χ0v) is 20.9. The highest BCUT2D eigenvalue weighted by atomic mass is 19.1. The van der Waals surface area contributed by atoms with E-state index < -0.39 is 23.8 Å². The minimum absolute atomic E-state index is 0.0832. The predicted molar refractivity (Wildman–Crippen MR) is 141 cm³/mol. The van der Waals surface area contributed by atoms with Gasteiger partial charge >= 0.3 is 0 Å². The van der Waals surface area contributed by atoms with E-state index >= 15 is 0 Å². The van der Waals surface area contributed by atoms with E-state index in [1.54, 1.807) is 10.9 Å². The Balaban J connectivity index is 1.29. The Kier molecular flexibility index (Phi) is 7.62. The molecule has 1 heterocycles. The first kappa shape index (κ1) is 25.8. The molecule has 0 bridgehead atoms. The van der Waals surface area contributed by atoms with Crippen molar-refractivity contribution in [1.82, 2.24) is 20.4 Å². The Morgan fingerprint density at radius 1 is 0.974 bits per heavy atom. The molecule has 1 fully saturated rings. The number of hydrogen-bond acceptors (Lipinski definition) is 4. The average molecular weight is 517 g/mol. The van der Waals surface area contributed by atoms with E-state index in [2.05, 4.69) is 21.8 Å². The lowest BCUT2D eigenvalue weighted by Gasteiger charge is -2.27. The Hall–Kier alpha value is -3.88. The van der Waals surface area contributed by atoms with Crippen molar-refractivity contribution in [2.75, 3.05) is 6.54 Å². The highest BCUT2D eigenvalue weighted by molar-refractivity contribution is 5.79. The largest absolute Gasteiger partial charge is 0.390 e. The molecule has 0 aliphatic heterocycles. The Morgan fingerprint density at radius 3 is 2.42 bits per heavy atom. The molecule has 196 valence electrons. The molecule has 38 heavy (non-hydrogen) atoms. The summed E-state index contributed by atoms with van der Waals surface area (Å²) >= 11 is 0. The van der Waals surface area contributed by atoms with Gasteiger partial charge in [-0.25, -0.2) is 13.5 Å². The first-order valence-electron chi connectivity index (χ1n) is 12.7. The van der Waals surface area contributed by atoms with Crippen molar-refractivity contribution in [3.05, 3.63) is 120 Å². The first-order valence-corrected chi connectivity index (χ1v) is 12.7. The van der Waals surface area contributed by atoms with Crippen LogP contribution >= 0.6 is 0 Å². The lowest BCUT2D eigenvalue weighted by atomic mass is 9.98. The van der Waals surface area contributed by atoms with Crippen LogP contribution in [0.25, 0.3) is 5.69 Å². The van der Waals surface area contributed by atoms with E-state index in [4.69, 9.17) is 0 Å². The lowest BCUT2D eigenvalue weighted by Crippen LogP contribution is -2.50. The number of rotatable bonds is 11. The molecule has 1 saturated carbocycles. The van der Waals surface area contributed by atoms with E-state index in [-0.39, 0.29) is 30.8 Å². The normalized spacial score (nSPS) is 15.6. The molecule has 4 aromatic rings. The molecule has 1 aromatic heterocycles. The zero-order chi connectivity index (χ0) is 26.5. The Bertz CT molecular complexity index is 1350. The maximum Gasteiger partial charge on any atom is 0.224 e. The average Bonchev–Trinajstić information content (AvgIpc) is 3.49. The minimum Gasteiger partial charge on any atom is -0.390 e. The Morgan fingerprint density at radius 2 is 1.74 bits per heavy atom. The molecule has 8 heteroatoms. The van der Waals surface area contributed by atoms with Crippen molar-refractivity contribution in [2.24, 2.45) is 0 Å². The SMILES string of the molecule is O=C(Cc1ccccc1)NC(Cc1cc(F)cc(F)c1)C(O)CNC1(c2cccc(-n3cccn3)c2)CC1. The van der Waals surface area contributed by atoms with Crippen molar-refractivity contribution >= 4 is 5.91 Å². The summed E-state index contributed by atoms with van der Waals surface area (Å²) in [6.07, 6.45) is 4.65. The molecule has 0 radical (unpaired) electrons. The third-order valence-electron chi connectivity index (χ3n) is 6.96. The second-order valence-electron chi connectivity index (χ2n) is 9.85. The second-order valence-corrected chi connectivity index (χ2v) is 9.85. The summed E-state index contributed by atoms with van der Waals surface area (Å²) < 4.78 is 29.5. The topological polar surface area (TPSA) is 79.2 Å². The van der Waals surface area contributed by atoms with Gasteiger partial charge in [-0.05, 0) is 66.3 Å². The number of halogens is 2. The van der Waals surface area contributed by atoms with Crippen LogP contribution < -0.4 is 10.6 Å². The van der Waals surface area contributed by atoms with Crippen LogP contribution in [0, 0.1) is 11.6 Å². The van der Waals surface area contributed by atoms with Gasteiger partial charge in [0, 0.05) is 30.5 Å². The smallest absolute Gasteiger partial charge is 0.224 e. The molecule has 0 saturated heterocycles. The standard InChI is InChI=1S/C30H30F2N4O2/c31-24-14-22(15-25(32)19-24)16-27(35-29(38)17-21-6-2-1-3-7-21)28(37)20-33-30(10-11-30)23-8-4-9-26(18-23)36-13-5-12-34-36/h1-9,12-15,18-19,27-28,33,37H,10-11,16-17,20H2,(H,35,38). The summed E-state index contributed by atoms with van der Waals surface area (Å²) in [6.45, 7) is 0.195. The van der Waals surface area contributed by atoms with Crippen LogP contribution in [0.3, 0.4) is 0 Å². The molecule has 5 rings (SSSR count). The number of aliphatic hydroxyl groups is 1. The van der Waals surface area contributed by atoms with Crippen LogP contribution in [0.2, 0.25) is 0 Å². The molecule has 3 aromatic carbocycles. The third kappa shape index (κ3) is 6.33. The first-order chi connectivity index (χ1) is 18.4. The van der Waals surface area contributed by atoms with Gasteiger partial charge in [0.15, 0.2) is 0 Å². The zero-order valence-electron chi connectivity index (χ0n) is 20.9. The molecule has 1 aliphatic rings. The molecule has 2 atom stereocenters. The summed E-state index contributed by atoms with van der Waals surface area (Å²) in [4.78, 5) is 12.8. The number of carbonyl (C=O) groups is 1. The summed E-state index contributed by atoms with van der Waals surface area (Å²) in [5.41, 5.74) is 2.95. The number of hydrogen-bond donors (Lipinski definition) is 3. The predicted octanol–water partition coefficient (Wildman–Crippen LogP) is 4.06. The van der Waals surface area contributed by atoms with Gasteiger partial charge in [0.05, 0.1) is 24.3 Å². The van der Waals surface area contributed by atoms with Gasteiger partial charge < -0.3 is 15.7 Å². The van der Waals surface area contributed by atoms with E-state index in [1.165, 1.54) is 12.1 Å². The van der Waals surface area contributed by atoms with Crippen molar-refractivity contribution in [3.63, 3.8) is 0 Å². The molecule has 0 spiro atoms. The second kappa shape index (κ2) is 11.2. The number of carbonyl (C=O) groups excluding carboxylic acids is 1. The van der Waals surface area contributed by atoms with Gasteiger partial charge in [0.25, 0.3) is 0 Å². The van der Waals surface area contributed by atoms with Crippen LogP contribution in [0.1, 0.15) is 29.5 Å². The minimum atomic E-state index is -0.993. The van der Waals surface area contributed by atoms with Crippen molar-refractivity contribution in [2.45, 2.75) is 43.4 Å². The number of amides is 1. The van der Waals surface area contributed by atoms with Gasteiger partial charge in [0.1, 0.15) is 11.6 Å². The Labute approximate surface area is 220 Å². The van der Waals surface area contributed by atoms with Gasteiger partial charge in [-0.3, -0.25) is 4.79 Å². The van der Waals surface area contributed by atoms with Gasteiger partial charge in [-0.2, -0.15) is 5.10 Å². The molecular formula is C30H30F2N4O2. The molecule has 1 amide bonds. The highest BCUT2D eigenvalue weighted by Crippen LogP contribution is 2.45. The molecule has 3 N–H and O–H groups in total. The fraction of sp³-hybridized carbons (Fsp3) is 0.267. The number of aliphatic hydroxyl groups excluding tert-OH is 1. The number of nitrogens with zero attached hydrogens (tertiary/aromatic N) is 2. The lowest BCUT2D eigenvalue weighted by molar-refractivity contribution is -0.122. The van der Waals surface area contributed by atoms with Gasteiger partial charge in [-0.15, -0.1) is 0 Å². The maximum absolute atomic E-state index is 13.9. The quantitative estimate of drug-likeness (QED) is 0.281. The molecular weight excluding hydrogens is 486 g/mol. The van der Waals surface area contributed by atoms with E-state index in [0.717, 1.165) is 35.7 Å². The molecule has 2 unspecified atom stereocenters. The summed E-state index contributed by atoms with van der Waals surface area (Å²) in [5.74, 6) is -1.67. The van der Waals surface area contributed by atoms with Crippen LogP contribution in [0.5, 0.6) is 0 Å². The fourth-order valence-electron chi connectivity index (χ4n) is 4.81. The summed E-state index contributed by atoms with van der Waals surface area (Å²) in [6, 6.07) is 21.7. The van der Waals surface area contributed by atoms with Crippen LogP contribution in [-0.2, 0) is 23.2 Å². The van der Waals surface area contributed by atoms with Crippen molar-refractivity contribution in [1.29, 1.82) is 0 Å². The van der Waals surface area contributed by atoms with Crippen molar-refractivity contribution < 1.29 is 18.7 Å². The molecule has 6 nitrogen and oxygen atoms in total. The summed E-state index contributed by atoms with van der Waals surface area (Å²) in [5, 5.41) is 21.9. The number of benzene rings is 3. The fourth-order valence-corrected chi connectivity index (χ4v) is 4.81. The van der Waals surface area contributed by atoms with Crippen LogP contribution in [-0.4, -0.2) is 39.5 Å².